The molecule has 0 aliphatic rings. The summed E-state index contributed by atoms with van der Waals surface area (Å²) in [5.74, 6) is -0.127. The van der Waals surface area contributed by atoms with Crippen molar-refractivity contribution in [1.29, 1.82) is 0 Å². The summed E-state index contributed by atoms with van der Waals surface area (Å²) < 4.78 is 0. The highest BCUT2D eigenvalue weighted by molar-refractivity contribution is 5.85. The van der Waals surface area contributed by atoms with Gasteiger partial charge in [0.25, 0.3) is 0 Å². The summed E-state index contributed by atoms with van der Waals surface area (Å²) in [6, 6.07) is 0. The minimum absolute atomic E-state index is 0.127. The fourth-order valence-electron chi connectivity index (χ4n) is 1.14. The molecular weight excluding hydrogens is 178 g/mol. The van der Waals surface area contributed by atoms with Crippen LogP contribution in [0.1, 0.15) is 40.5 Å². The van der Waals surface area contributed by atoms with E-state index in [0.29, 0.717) is 13.0 Å². The molecule has 0 aliphatic heterocycles. The molecule has 1 atom stereocenters. The van der Waals surface area contributed by atoms with Crippen molar-refractivity contribution >= 4 is 5.91 Å². The average Bonchev–Trinajstić information content (AvgIpc) is 1.98. The monoisotopic (exact) mass is 201 g/mol. The van der Waals surface area contributed by atoms with Gasteiger partial charge in [-0.3, -0.25) is 4.79 Å². The van der Waals surface area contributed by atoms with E-state index in [1.807, 2.05) is 20.8 Å². The first-order valence-electron chi connectivity index (χ1n) is 5.05. The second-order valence-electron chi connectivity index (χ2n) is 4.84. The smallest absolute Gasteiger partial charge is 0.239 e. The maximum atomic E-state index is 11.6. The van der Waals surface area contributed by atoms with E-state index in [-0.39, 0.29) is 5.91 Å². The molecule has 0 heterocycles. The van der Waals surface area contributed by atoms with Crippen molar-refractivity contribution in [3.8, 4) is 0 Å². The molecule has 4 nitrogen and oxygen atoms in total. The Morgan fingerprint density at radius 3 is 2.14 bits per heavy atom. The van der Waals surface area contributed by atoms with Crippen LogP contribution in [0.15, 0.2) is 0 Å². The number of amides is 1. The quantitative estimate of drug-likeness (QED) is 0.600. The van der Waals surface area contributed by atoms with Crippen molar-refractivity contribution in [3.63, 3.8) is 0 Å². The molecule has 14 heavy (non-hydrogen) atoms. The van der Waals surface area contributed by atoms with Crippen molar-refractivity contribution in [3.05, 3.63) is 0 Å². The van der Waals surface area contributed by atoms with Gasteiger partial charge < -0.3 is 16.8 Å². The molecular formula is C10H23N3O. The molecule has 1 amide bonds. The third-order valence-corrected chi connectivity index (χ3v) is 1.99. The molecule has 0 fully saturated rings. The normalized spacial score (nSPS) is 16.1. The Balaban J connectivity index is 4.08. The molecule has 0 radical (unpaired) electrons. The predicted molar refractivity (Wildman–Crippen MR) is 58.8 cm³/mol. The molecule has 0 aliphatic carbocycles. The number of hydrogen-bond donors (Lipinski definition) is 3. The molecule has 5 N–H and O–H groups in total. The second kappa shape index (κ2) is 4.75. The van der Waals surface area contributed by atoms with Gasteiger partial charge in [0, 0.05) is 12.1 Å². The van der Waals surface area contributed by atoms with Gasteiger partial charge >= 0.3 is 0 Å². The summed E-state index contributed by atoms with van der Waals surface area (Å²) in [7, 11) is 0. The average molecular weight is 201 g/mol. The lowest BCUT2D eigenvalue weighted by Gasteiger charge is -2.26. The van der Waals surface area contributed by atoms with Crippen molar-refractivity contribution in [1.82, 2.24) is 5.32 Å². The van der Waals surface area contributed by atoms with Crippen LogP contribution in [0.5, 0.6) is 0 Å². The van der Waals surface area contributed by atoms with E-state index in [1.165, 1.54) is 0 Å². The summed E-state index contributed by atoms with van der Waals surface area (Å²) in [6.07, 6.45) is 1.58. The van der Waals surface area contributed by atoms with E-state index in [0.717, 1.165) is 6.42 Å². The van der Waals surface area contributed by atoms with Gasteiger partial charge in [-0.05, 0) is 27.2 Å². The molecule has 0 aromatic heterocycles. The molecule has 1 unspecified atom stereocenters. The number of rotatable bonds is 5. The first kappa shape index (κ1) is 13.4. The van der Waals surface area contributed by atoms with E-state index in [4.69, 9.17) is 11.5 Å². The third-order valence-electron chi connectivity index (χ3n) is 1.99. The minimum Gasteiger partial charge on any atom is -0.353 e. The summed E-state index contributed by atoms with van der Waals surface area (Å²) >= 11 is 0. The maximum absolute atomic E-state index is 11.6. The summed E-state index contributed by atoms with van der Waals surface area (Å²) in [6.45, 7) is 7.92. The van der Waals surface area contributed by atoms with Crippen LogP contribution in [0.2, 0.25) is 0 Å². The molecule has 0 aromatic carbocycles. The Bertz CT molecular complexity index is 194. The van der Waals surface area contributed by atoms with E-state index in [1.54, 1.807) is 6.92 Å². The molecule has 4 heteroatoms. The summed E-state index contributed by atoms with van der Waals surface area (Å²) in [4.78, 5) is 11.6. The molecule has 0 rings (SSSR count). The Morgan fingerprint density at radius 1 is 1.29 bits per heavy atom. The van der Waals surface area contributed by atoms with Crippen LogP contribution in [0.3, 0.4) is 0 Å². The fraction of sp³-hybridized carbons (Fsp3) is 0.900. The Labute approximate surface area is 86.4 Å². The van der Waals surface area contributed by atoms with E-state index in [2.05, 4.69) is 5.32 Å². The Morgan fingerprint density at radius 2 is 1.79 bits per heavy atom. The zero-order chi connectivity index (χ0) is 11.4. The standard InChI is InChI=1S/C10H23N3O/c1-5-6-10(4,12)8(14)13-7-9(2,3)11/h5-7,11-12H2,1-4H3,(H,13,14). The Kier molecular flexibility index (Phi) is 4.55. The molecule has 0 aromatic rings. The van der Waals surface area contributed by atoms with Crippen molar-refractivity contribution in [2.75, 3.05) is 6.54 Å². The van der Waals surface area contributed by atoms with Gasteiger partial charge in [0.2, 0.25) is 5.91 Å². The Hall–Kier alpha value is -0.610. The van der Waals surface area contributed by atoms with Crippen molar-refractivity contribution < 1.29 is 4.79 Å². The highest BCUT2D eigenvalue weighted by Crippen LogP contribution is 2.08. The SMILES string of the molecule is CCCC(C)(N)C(=O)NCC(C)(C)N. The zero-order valence-corrected chi connectivity index (χ0v) is 9.68. The highest BCUT2D eigenvalue weighted by Gasteiger charge is 2.27. The minimum atomic E-state index is -0.778. The predicted octanol–water partition coefficient (Wildman–Crippen LogP) is 0.357. The van der Waals surface area contributed by atoms with Crippen LogP contribution >= 0.6 is 0 Å². The van der Waals surface area contributed by atoms with Crippen LogP contribution in [0, 0.1) is 0 Å². The maximum Gasteiger partial charge on any atom is 0.239 e. The van der Waals surface area contributed by atoms with Crippen LogP contribution < -0.4 is 16.8 Å². The molecule has 0 spiro atoms. The fourth-order valence-corrected chi connectivity index (χ4v) is 1.14. The second-order valence-corrected chi connectivity index (χ2v) is 4.84. The van der Waals surface area contributed by atoms with Gasteiger partial charge in [0.15, 0.2) is 0 Å². The highest BCUT2D eigenvalue weighted by atomic mass is 16.2. The van der Waals surface area contributed by atoms with Crippen LogP contribution in [0.4, 0.5) is 0 Å². The number of nitrogens with two attached hydrogens (primary N) is 2. The van der Waals surface area contributed by atoms with E-state index in [9.17, 15) is 4.79 Å². The van der Waals surface area contributed by atoms with Crippen molar-refractivity contribution in [2.45, 2.75) is 51.6 Å². The van der Waals surface area contributed by atoms with Crippen LogP contribution in [-0.4, -0.2) is 23.5 Å². The molecule has 0 saturated carbocycles. The largest absolute Gasteiger partial charge is 0.353 e. The van der Waals surface area contributed by atoms with Gasteiger partial charge in [0.05, 0.1) is 5.54 Å². The lowest BCUT2D eigenvalue weighted by atomic mass is 9.96. The number of nitrogens with one attached hydrogen (secondary N) is 1. The first-order chi connectivity index (χ1) is 6.19. The van der Waals surface area contributed by atoms with Gasteiger partial charge in [-0.2, -0.15) is 0 Å². The van der Waals surface area contributed by atoms with Crippen LogP contribution in [-0.2, 0) is 4.79 Å². The number of carbonyl (C=O) groups is 1. The summed E-state index contributed by atoms with van der Waals surface area (Å²) in [5.41, 5.74) is 10.4. The van der Waals surface area contributed by atoms with Gasteiger partial charge in [-0.1, -0.05) is 13.3 Å². The van der Waals surface area contributed by atoms with Crippen LogP contribution in [0.25, 0.3) is 0 Å². The third kappa shape index (κ3) is 5.19. The zero-order valence-electron chi connectivity index (χ0n) is 9.68. The molecule has 0 bridgehead atoms. The lowest BCUT2D eigenvalue weighted by Crippen LogP contribution is -2.55. The van der Waals surface area contributed by atoms with E-state index >= 15 is 0 Å². The van der Waals surface area contributed by atoms with Gasteiger partial charge in [-0.15, -0.1) is 0 Å². The van der Waals surface area contributed by atoms with Gasteiger partial charge in [-0.25, -0.2) is 0 Å². The van der Waals surface area contributed by atoms with E-state index < -0.39 is 11.1 Å². The topological polar surface area (TPSA) is 81.1 Å². The van der Waals surface area contributed by atoms with Crippen molar-refractivity contribution in [2.24, 2.45) is 11.5 Å². The molecule has 84 valence electrons. The molecule has 0 saturated heterocycles. The first-order valence-corrected chi connectivity index (χ1v) is 5.05. The number of carbonyl (C=O) groups excluding carboxylic acids is 1. The van der Waals surface area contributed by atoms with Gasteiger partial charge in [0.1, 0.15) is 0 Å². The summed E-state index contributed by atoms with van der Waals surface area (Å²) in [5, 5.41) is 2.76. The number of hydrogen-bond acceptors (Lipinski definition) is 3. The lowest BCUT2D eigenvalue weighted by molar-refractivity contribution is -0.126.